The first-order valence-electron chi connectivity index (χ1n) is 5.62. The minimum Gasteiger partial charge on any atom is -0.367 e. The molecule has 0 amide bonds. The Bertz CT molecular complexity index is 223. The standard InChI is InChI=1S/C11H22N2O2/c1-11(2,3)10(14)15-13-7-5-4-6-9(12)8-13/h9H,4-8,12H2,1-3H3. The van der Waals surface area contributed by atoms with Crippen LogP contribution in [-0.2, 0) is 9.63 Å². The molecule has 4 heteroatoms. The lowest BCUT2D eigenvalue weighted by atomic mass is 9.98. The van der Waals surface area contributed by atoms with Gasteiger partial charge in [-0.2, -0.15) is 0 Å². The minimum atomic E-state index is -0.448. The number of carbonyl (C=O) groups excluding carboxylic acids is 1. The molecular weight excluding hydrogens is 192 g/mol. The summed E-state index contributed by atoms with van der Waals surface area (Å²) in [5.41, 5.74) is 5.43. The second-order valence-electron chi connectivity index (χ2n) is 5.27. The van der Waals surface area contributed by atoms with Crippen LogP contribution >= 0.6 is 0 Å². The highest BCUT2D eigenvalue weighted by atomic mass is 16.7. The molecule has 88 valence electrons. The quantitative estimate of drug-likeness (QED) is 0.715. The Labute approximate surface area is 91.7 Å². The summed E-state index contributed by atoms with van der Waals surface area (Å²) in [5.74, 6) is -0.184. The predicted octanol–water partition coefficient (Wildman–Crippen LogP) is 1.30. The first-order chi connectivity index (χ1) is 6.89. The van der Waals surface area contributed by atoms with Gasteiger partial charge in [-0.15, -0.1) is 5.06 Å². The van der Waals surface area contributed by atoms with Gasteiger partial charge in [0.2, 0.25) is 0 Å². The Balaban J connectivity index is 2.46. The maximum absolute atomic E-state index is 11.6. The SMILES string of the molecule is CC(C)(C)C(=O)ON1CCCCC(N)C1. The topological polar surface area (TPSA) is 55.6 Å². The fourth-order valence-corrected chi connectivity index (χ4v) is 1.48. The fraction of sp³-hybridized carbons (Fsp3) is 0.909. The minimum absolute atomic E-state index is 0.125. The van der Waals surface area contributed by atoms with Gasteiger partial charge in [0.1, 0.15) is 0 Å². The first-order valence-corrected chi connectivity index (χ1v) is 5.62. The summed E-state index contributed by atoms with van der Waals surface area (Å²) in [6.45, 7) is 7.02. The Morgan fingerprint density at radius 1 is 1.40 bits per heavy atom. The van der Waals surface area contributed by atoms with Gasteiger partial charge < -0.3 is 10.6 Å². The second kappa shape index (κ2) is 4.94. The van der Waals surface area contributed by atoms with E-state index in [0.29, 0.717) is 6.54 Å². The number of nitrogens with zero attached hydrogens (tertiary/aromatic N) is 1. The van der Waals surface area contributed by atoms with E-state index >= 15 is 0 Å². The number of rotatable bonds is 1. The van der Waals surface area contributed by atoms with Crippen LogP contribution in [0.25, 0.3) is 0 Å². The average Bonchev–Trinajstić information content (AvgIpc) is 2.28. The highest BCUT2D eigenvalue weighted by Gasteiger charge is 2.27. The zero-order chi connectivity index (χ0) is 11.5. The van der Waals surface area contributed by atoms with Crippen LogP contribution in [0.3, 0.4) is 0 Å². The molecule has 15 heavy (non-hydrogen) atoms. The third-order valence-electron chi connectivity index (χ3n) is 2.49. The number of carbonyl (C=O) groups is 1. The van der Waals surface area contributed by atoms with Gasteiger partial charge in [0.15, 0.2) is 0 Å². The van der Waals surface area contributed by atoms with Gasteiger partial charge in [-0.05, 0) is 33.6 Å². The van der Waals surface area contributed by atoms with Crippen molar-refractivity contribution in [1.82, 2.24) is 5.06 Å². The van der Waals surface area contributed by atoms with E-state index in [9.17, 15) is 4.79 Å². The second-order valence-corrected chi connectivity index (χ2v) is 5.27. The number of hydrogen-bond donors (Lipinski definition) is 1. The van der Waals surface area contributed by atoms with Crippen LogP contribution in [0.4, 0.5) is 0 Å². The molecule has 1 aliphatic heterocycles. The van der Waals surface area contributed by atoms with E-state index in [1.165, 1.54) is 0 Å². The van der Waals surface area contributed by atoms with Crippen molar-refractivity contribution in [3.63, 3.8) is 0 Å². The molecule has 0 aliphatic carbocycles. The van der Waals surface area contributed by atoms with Crippen LogP contribution in [0.5, 0.6) is 0 Å². The molecule has 0 aromatic heterocycles. The van der Waals surface area contributed by atoms with Crippen molar-refractivity contribution in [3.8, 4) is 0 Å². The van der Waals surface area contributed by atoms with Crippen molar-refractivity contribution in [3.05, 3.63) is 0 Å². The van der Waals surface area contributed by atoms with Gasteiger partial charge in [-0.1, -0.05) is 6.42 Å². The largest absolute Gasteiger partial charge is 0.367 e. The molecule has 1 atom stereocenters. The Morgan fingerprint density at radius 2 is 2.07 bits per heavy atom. The van der Waals surface area contributed by atoms with Crippen molar-refractivity contribution in [2.45, 2.75) is 46.1 Å². The van der Waals surface area contributed by atoms with E-state index in [1.807, 2.05) is 20.8 Å². The highest BCUT2D eigenvalue weighted by Crippen LogP contribution is 2.18. The monoisotopic (exact) mass is 214 g/mol. The molecule has 1 aliphatic rings. The average molecular weight is 214 g/mol. The van der Waals surface area contributed by atoms with Crippen molar-refractivity contribution in [2.75, 3.05) is 13.1 Å². The maximum Gasteiger partial charge on any atom is 0.330 e. The fourth-order valence-electron chi connectivity index (χ4n) is 1.48. The lowest BCUT2D eigenvalue weighted by Crippen LogP contribution is -2.39. The van der Waals surface area contributed by atoms with Crippen LogP contribution in [-0.4, -0.2) is 30.2 Å². The van der Waals surface area contributed by atoms with E-state index in [1.54, 1.807) is 5.06 Å². The molecule has 0 aromatic carbocycles. The van der Waals surface area contributed by atoms with E-state index in [-0.39, 0.29) is 12.0 Å². The molecule has 0 radical (unpaired) electrons. The molecule has 1 saturated heterocycles. The lowest BCUT2D eigenvalue weighted by molar-refractivity contribution is -0.200. The van der Waals surface area contributed by atoms with Crippen LogP contribution in [0.15, 0.2) is 0 Å². The summed E-state index contributed by atoms with van der Waals surface area (Å²) in [4.78, 5) is 17.0. The summed E-state index contributed by atoms with van der Waals surface area (Å²) in [7, 11) is 0. The van der Waals surface area contributed by atoms with Gasteiger partial charge >= 0.3 is 5.97 Å². The smallest absolute Gasteiger partial charge is 0.330 e. The third-order valence-corrected chi connectivity index (χ3v) is 2.49. The first kappa shape index (κ1) is 12.5. The molecule has 4 nitrogen and oxygen atoms in total. The molecule has 1 unspecified atom stereocenters. The Hall–Kier alpha value is -0.610. The summed E-state index contributed by atoms with van der Waals surface area (Å²) in [6.07, 6.45) is 3.18. The number of hydroxylamine groups is 2. The molecule has 0 spiro atoms. The van der Waals surface area contributed by atoms with Crippen molar-refractivity contribution < 1.29 is 9.63 Å². The van der Waals surface area contributed by atoms with Crippen LogP contribution in [0.2, 0.25) is 0 Å². The van der Waals surface area contributed by atoms with Crippen molar-refractivity contribution in [2.24, 2.45) is 11.1 Å². The van der Waals surface area contributed by atoms with Gasteiger partial charge in [-0.3, -0.25) is 0 Å². The van der Waals surface area contributed by atoms with Crippen LogP contribution < -0.4 is 5.73 Å². The van der Waals surface area contributed by atoms with E-state index < -0.39 is 5.41 Å². The van der Waals surface area contributed by atoms with E-state index in [0.717, 1.165) is 25.8 Å². The summed E-state index contributed by atoms with van der Waals surface area (Å²) in [5, 5.41) is 1.71. The zero-order valence-corrected chi connectivity index (χ0v) is 9.95. The zero-order valence-electron chi connectivity index (χ0n) is 9.95. The Morgan fingerprint density at radius 3 is 2.67 bits per heavy atom. The van der Waals surface area contributed by atoms with Gasteiger partial charge in [0, 0.05) is 12.6 Å². The molecule has 0 aromatic rings. The van der Waals surface area contributed by atoms with Gasteiger partial charge in [0.05, 0.1) is 12.0 Å². The molecule has 1 heterocycles. The summed E-state index contributed by atoms with van der Waals surface area (Å²) < 4.78 is 0. The van der Waals surface area contributed by atoms with E-state index in [4.69, 9.17) is 10.6 Å². The summed E-state index contributed by atoms with van der Waals surface area (Å²) >= 11 is 0. The Kier molecular flexibility index (Phi) is 4.11. The number of hydrogen-bond acceptors (Lipinski definition) is 4. The molecule has 1 fully saturated rings. The lowest BCUT2D eigenvalue weighted by Gasteiger charge is -2.25. The van der Waals surface area contributed by atoms with Gasteiger partial charge in [0.25, 0.3) is 0 Å². The molecule has 1 rings (SSSR count). The molecule has 2 N–H and O–H groups in total. The highest BCUT2D eigenvalue weighted by molar-refractivity contribution is 5.75. The van der Waals surface area contributed by atoms with Crippen molar-refractivity contribution in [1.29, 1.82) is 0 Å². The van der Waals surface area contributed by atoms with Gasteiger partial charge in [-0.25, -0.2) is 4.79 Å². The third kappa shape index (κ3) is 4.18. The van der Waals surface area contributed by atoms with Crippen molar-refractivity contribution >= 4 is 5.97 Å². The van der Waals surface area contributed by atoms with Crippen LogP contribution in [0.1, 0.15) is 40.0 Å². The van der Waals surface area contributed by atoms with Crippen LogP contribution in [0, 0.1) is 5.41 Å². The molecule has 0 bridgehead atoms. The normalized spacial score (nSPS) is 24.7. The molecule has 0 saturated carbocycles. The molecular formula is C11H22N2O2. The van der Waals surface area contributed by atoms with E-state index in [2.05, 4.69) is 0 Å². The maximum atomic E-state index is 11.6. The number of nitrogens with two attached hydrogens (primary N) is 1. The summed E-state index contributed by atoms with van der Waals surface area (Å²) in [6, 6.07) is 0.125. The predicted molar refractivity (Wildman–Crippen MR) is 58.9 cm³/mol.